The minimum Gasteiger partial charge on any atom is -0.462 e. The van der Waals surface area contributed by atoms with Gasteiger partial charge in [0.15, 0.2) is 0 Å². The number of carbonyl (C=O) groups excluding carboxylic acids is 2. The Labute approximate surface area is 285 Å². The molecule has 1 N–H and O–H groups in total. The van der Waals surface area contributed by atoms with Crippen molar-refractivity contribution in [1.82, 2.24) is 0 Å². The van der Waals surface area contributed by atoms with Crippen LogP contribution >= 0.6 is 0 Å². The Kier molecular flexibility index (Phi) is 7.37. The lowest BCUT2D eigenvalue weighted by Crippen LogP contribution is -2.59. The predicted molar refractivity (Wildman–Crippen MR) is 183 cm³/mol. The normalized spacial score (nSPS) is 53.5. The molecule has 0 aromatic rings. The van der Waals surface area contributed by atoms with Crippen molar-refractivity contribution in [3.05, 3.63) is 0 Å². The van der Waals surface area contributed by atoms with Crippen molar-refractivity contribution in [2.45, 2.75) is 169 Å². The van der Waals surface area contributed by atoms with Crippen molar-refractivity contribution in [2.24, 2.45) is 73.9 Å². The molecule has 13 atom stereocenters. The maximum Gasteiger partial charge on any atom is 0.309 e. The second-order valence-electron chi connectivity index (χ2n) is 21.0. The number of hydrogen-bond acceptors (Lipinski definition) is 5. The number of ether oxygens (including phenoxy) is 2. The van der Waals surface area contributed by atoms with Gasteiger partial charge in [-0.05, 0) is 165 Å². The van der Waals surface area contributed by atoms with Gasteiger partial charge in [-0.15, -0.1) is 0 Å². The van der Waals surface area contributed by atoms with E-state index < -0.39 is 5.60 Å². The lowest BCUT2D eigenvalue weighted by atomic mass is 9.41. The van der Waals surface area contributed by atoms with Gasteiger partial charge in [0.1, 0.15) is 18.3 Å². The van der Waals surface area contributed by atoms with Gasteiger partial charge in [0.05, 0.1) is 5.92 Å². The van der Waals surface area contributed by atoms with Crippen LogP contribution in [0.4, 0.5) is 0 Å². The molecule has 0 radical (unpaired) electrons. The number of fused-ring (bicyclic) bond motifs is 6. The molecular formula is C42H66O5. The van der Waals surface area contributed by atoms with Crippen LogP contribution in [0.3, 0.4) is 0 Å². The summed E-state index contributed by atoms with van der Waals surface area (Å²) in [5.74, 6) is 3.16. The van der Waals surface area contributed by atoms with Gasteiger partial charge in [-0.1, -0.05) is 48.0 Å². The molecule has 8 rings (SSSR count). The van der Waals surface area contributed by atoms with Crippen molar-refractivity contribution in [3.8, 4) is 0 Å². The fraction of sp³-hybridized carbons (Fsp3) is 0.952. The van der Waals surface area contributed by atoms with E-state index >= 15 is 0 Å². The van der Waals surface area contributed by atoms with Gasteiger partial charge in [-0.2, -0.15) is 0 Å². The highest BCUT2D eigenvalue weighted by Crippen LogP contribution is 2.74. The molecule has 0 heterocycles. The molecule has 264 valence electrons. The van der Waals surface area contributed by atoms with Crippen molar-refractivity contribution < 1.29 is 24.2 Å². The Balaban J connectivity index is 0.949. The highest BCUT2D eigenvalue weighted by Gasteiger charge is 2.69. The molecule has 5 nitrogen and oxygen atoms in total. The topological polar surface area (TPSA) is 72.8 Å². The lowest BCUT2D eigenvalue weighted by molar-refractivity contribution is -0.197. The van der Waals surface area contributed by atoms with Crippen LogP contribution in [-0.4, -0.2) is 35.4 Å². The monoisotopic (exact) mass is 650 g/mol. The fourth-order valence-electron chi connectivity index (χ4n) is 16.8. The Morgan fingerprint density at radius 2 is 1.38 bits per heavy atom. The quantitative estimate of drug-likeness (QED) is 0.307. The summed E-state index contributed by atoms with van der Waals surface area (Å²) in [4.78, 5) is 26.0. The van der Waals surface area contributed by atoms with Gasteiger partial charge in [0, 0.05) is 12.3 Å². The molecule has 8 fully saturated rings. The first kappa shape index (κ1) is 33.1. The Morgan fingerprint density at radius 1 is 0.702 bits per heavy atom. The van der Waals surface area contributed by atoms with E-state index in [1.54, 1.807) is 6.92 Å². The van der Waals surface area contributed by atoms with Crippen LogP contribution < -0.4 is 0 Å². The van der Waals surface area contributed by atoms with Crippen LogP contribution in [0.15, 0.2) is 0 Å². The lowest BCUT2D eigenvalue weighted by Gasteiger charge is -2.65. The van der Waals surface area contributed by atoms with Gasteiger partial charge in [0.2, 0.25) is 0 Å². The molecular weight excluding hydrogens is 584 g/mol. The zero-order valence-corrected chi connectivity index (χ0v) is 30.9. The SMILES string of the molecule is CC(=O)O[C@@H]1CC[C@]2(C)[C@H](CC[C@@]34C[C@@H](CC[C@H]32)[C@H](C(=O)OC[C@@]2(O)C[C@@]35CC[C@@H]6C(C)(C)CCC[C@@]6(C)[C@@H]3CC[C@@H]2C5)C4)C1(C)C. The fourth-order valence-corrected chi connectivity index (χ4v) is 16.8. The van der Waals surface area contributed by atoms with Gasteiger partial charge in [-0.25, -0.2) is 0 Å². The third kappa shape index (κ3) is 4.61. The first-order valence-electron chi connectivity index (χ1n) is 20.0. The summed E-state index contributed by atoms with van der Waals surface area (Å²) in [6, 6.07) is 0. The van der Waals surface area contributed by atoms with E-state index in [1.807, 2.05) is 0 Å². The zero-order chi connectivity index (χ0) is 33.4. The number of esters is 2. The first-order valence-corrected chi connectivity index (χ1v) is 20.0. The number of aliphatic hydroxyl groups is 1. The first-order chi connectivity index (χ1) is 22.0. The molecule has 8 aliphatic carbocycles. The Hall–Kier alpha value is -1.10. The molecule has 8 aliphatic rings. The summed E-state index contributed by atoms with van der Waals surface area (Å²) in [6.45, 7) is 16.6. The number of carbonyl (C=O) groups is 2. The molecule has 4 bridgehead atoms. The molecule has 0 aromatic carbocycles. The van der Waals surface area contributed by atoms with E-state index in [9.17, 15) is 14.7 Å². The summed E-state index contributed by atoms with van der Waals surface area (Å²) in [5, 5.41) is 12.3. The van der Waals surface area contributed by atoms with E-state index in [2.05, 4.69) is 41.5 Å². The minimum absolute atomic E-state index is 0.00199. The van der Waals surface area contributed by atoms with E-state index in [0.717, 1.165) is 57.3 Å². The standard InChI is InChI=1S/C42H66O5/c1-26(43)47-34-15-18-39(7)31(37(34,4)5)14-19-40-21-27(9-11-32(39)40)29(23-40)35(44)46-25-42(45)24-41-20-13-30-36(2,3)16-8-17-38(30,6)33(41)12-10-28(42)22-41/h27-34,45H,8-25H2,1-7H3/t27-,28-,29-,30-,31-,32+,33+,34-,38-,39-,40+,41+,42+/m1/s1. The largest absolute Gasteiger partial charge is 0.462 e. The Bertz CT molecular complexity index is 1300. The summed E-state index contributed by atoms with van der Waals surface area (Å²) in [6.07, 6.45) is 19.8. The summed E-state index contributed by atoms with van der Waals surface area (Å²) in [7, 11) is 0. The van der Waals surface area contributed by atoms with Crippen LogP contribution in [-0.2, 0) is 19.1 Å². The predicted octanol–water partition coefficient (Wildman–Crippen LogP) is 9.28. The molecule has 0 unspecified atom stereocenters. The summed E-state index contributed by atoms with van der Waals surface area (Å²) in [5.41, 5.74) is 0.595. The van der Waals surface area contributed by atoms with Crippen molar-refractivity contribution in [2.75, 3.05) is 6.61 Å². The van der Waals surface area contributed by atoms with Crippen molar-refractivity contribution >= 4 is 11.9 Å². The smallest absolute Gasteiger partial charge is 0.309 e. The average molecular weight is 651 g/mol. The van der Waals surface area contributed by atoms with Crippen LogP contribution in [0, 0.1) is 73.9 Å². The van der Waals surface area contributed by atoms with Crippen LogP contribution in [0.2, 0.25) is 0 Å². The third-order valence-electron chi connectivity index (χ3n) is 18.3. The van der Waals surface area contributed by atoms with Gasteiger partial charge < -0.3 is 14.6 Å². The second-order valence-corrected chi connectivity index (χ2v) is 21.0. The van der Waals surface area contributed by atoms with E-state index in [1.165, 1.54) is 57.8 Å². The third-order valence-corrected chi connectivity index (χ3v) is 18.3. The van der Waals surface area contributed by atoms with Gasteiger partial charge in [-0.3, -0.25) is 9.59 Å². The van der Waals surface area contributed by atoms with Crippen molar-refractivity contribution in [1.29, 1.82) is 0 Å². The van der Waals surface area contributed by atoms with Crippen molar-refractivity contribution in [3.63, 3.8) is 0 Å². The molecule has 5 heteroatoms. The molecule has 0 saturated heterocycles. The molecule has 0 aliphatic heterocycles. The average Bonchev–Trinajstić information content (AvgIpc) is 3.37. The maximum atomic E-state index is 14.1. The number of hydrogen-bond donors (Lipinski definition) is 1. The van der Waals surface area contributed by atoms with Crippen LogP contribution in [0.5, 0.6) is 0 Å². The molecule has 0 aromatic heterocycles. The number of rotatable bonds is 4. The Morgan fingerprint density at radius 3 is 2.15 bits per heavy atom. The van der Waals surface area contributed by atoms with Gasteiger partial charge in [0.25, 0.3) is 0 Å². The molecule has 8 saturated carbocycles. The second kappa shape index (κ2) is 10.5. The van der Waals surface area contributed by atoms with Crippen LogP contribution in [0.1, 0.15) is 158 Å². The summed E-state index contributed by atoms with van der Waals surface area (Å²) < 4.78 is 12.2. The highest BCUT2D eigenvalue weighted by atomic mass is 16.5. The van der Waals surface area contributed by atoms with Crippen LogP contribution in [0.25, 0.3) is 0 Å². The molecule has 2 spiro atoms. The minimum atomic E-state index is -0.857. The van der Waals surface area contributed by atoms with E-state index in [-0.39, 0.29) is 58.1 Å². The van der Waals surface area contributed by atoms with Gasteiger partial charge >= 0.3 is 11.9 Å². The maximum absolute atomic E-state index is 14.1. The molecule has 47 heavy (non-hydrogen) atoms. The zero-order valence-electron chi connectivity index (χ0n) is 30.9. The molecule has 0 amide bonds. The highest BCUT2D eigenvalue weighted by molar-refractivity contribution is 5.73. The summed E-state index contributed by atoms with van der Waals surface area (Å²) >= 11 is 0. The van der Waals surface area contributed by atoms with E-state index in [4.69, 9.17) is 9.47 Å². The van der Waals surface area contributed by atoms with E-state index in [0.29, 0.717) is 34.5 Å².